The molecule has 0 aliphatic rings. The van der Waals surface area contributed by atoms with E-state index < -0.39 is 5.82 Å². The molecule has 3 nitrogen and oxygen atoms in total. The summed E-state index contributed by atoms with van der Waals surface area (Å²) in [5.74, 6) is -0.0146. The average molecular weight is 218 g/mol. The van der Waals surface area contributed by atoms with Gasteiger partial charge in [0, 0.05) is 24.0 Å². The van der Waals surface area contributed by atoms with Crippen LogP contribution in [0.5, 0.6) is 5.75 Å². The molecule has 0 saturated heterocycles. The Morgan fingerprint density at radius 2 is 2.19 bits per heavy atom. The second-order valence-corrected chi connectivity index (χ2v) is 3.33. The Kier molecular flexibility index (Phi) is 3.00. The fourth-order valence-corrected chi connectivity index (χ4v) is 1.25. The van der Waals surface area contributed by atoms with Gasteiger partial charge in [-0.15, -0.1) is 0 Å². The van der Waals surface area contributed by atoms with Crippen LogP contribution < -0.4 is 10.5 Å². The lowest BCUT2D eigenvalue weighted by Gasteiger charge is -2.06. The van der Waals surface area contributed by atoms with Gasteiger partial charge in [0.25, 0.3) is 0 Å². The molecule has 1 aromatic carbocycles. The molecule has 0 amide bonds. The molecule has 0 radical (unpaired) electrons. The van der Waals surface area contributed by atoms with E-state index in [-0.39, 0.29) is 5.69 Å². The van der Waals surface area contributed by atoms with Gasteiger partial charge in [-0.2, -0.15) is 0 Å². The van der Waals surface area contributed by atoms with Gasteiger partial charge in [-0.05, 0) is 18.2 Å². The van der Waals surface area contributed by atoms with Crippen LogP contribution in [0, 0.1) is 5.82 Å². The second kappa shape index (κ2) is 4.61. The number of nitrogen functional groups attached to an aromatic ring is 1. The molecule has 4 heteroatoms. The molecule has 1 heterocycles. The highest BCUT2D eigenvalue weighted by molar-refractivity contribution is 5.43. The molecule has 82 valence electrons. The number of nitrogens with two attached hydrogens (primary N) is 1. The highest BCUT2D eigenvalue weighted by Gasteiger charge is 2.01. The Labute approximate surface area is 92.7 Å². The van der Waals surface area contributed by atoms with E-state index in [1.54, 1.807) is 18.5 Å². The number of hydrogen-bond donors (Lipinski definition) is 1. The van der Waals surface area contributed by atoms with Crippen LogP contribution in [0.4, 0.5) is 10.1 Å². The van der Waals surface area contributed by atoms with Crippen molar-refractivity contribution in [3.05, 3.63) is 54.1 Å². The zero-order valence-electron chi connectivity index (χ0n) is 8.56. The van der Waals surface area contributed by atoms with Crippen molar-refractivity contribution in [1.82, 2.24) is 4.98 Å². The summed E-state index contributed by atoms with van der Waals surface area (Å²) in [5.41, 5.74) is 6.40. The van der Waals surface area contributed by atoms with Crippen LogP contribution in [0.15, 0.2) is 42.7 Å². The molecule has 2 aromatic rings. The Morgan fingerprint density at radius 1 is 1.31 bits per heavy atom. The van der Waals surface area contributed by atoms with Crippen molar-refractivity contribution < 1.29 is 9.13 Å². The first-order valence-electron chi connectivity index (χ1n) is 4.82. The topological polar surface area (TPSA) is 48.1 Å². The van der Waals surface area contributed by atoms with Crippen molar-refractivity contribution in [2.75, 3.05) is 5.73 Å². The standard InChI is InChI=1S/C12H11FN2O/c13-11-6-10(3-4-12(11)14)16-8-9-2-1-5-15-7-9/h1-7H,8,14H2. The highest BCUT2D eigenvalue weighted by atomic mass is 19.1. The summed E-state index contributed by atoms with van der Waals surface area (Å²) in [6, 6.07) is 8.09. The number of nitrogens with zero attached hydrogens (tertiary/aromatic N) is 1. The third-order valence-corrected chi connectivity index (χ3v) is 2.10. The lowest BCUT2D eigenvalue weighted by Crippen LogP contribution is -1.97. The van der Waals surface area contributed by atoms with Gasteiger partial charge in [0.1, 0.15) is 18.2 Å². The van der Waals surface area contributed by atoms with Gasteiger partial charge < -0.3 is 10.5 Å². The number of pyridine rings is 1. The molecule has 0 atom stereocenters. The molecule has 16 heavy (non-hydrogen) atoms. The van der Waals surface area contributed by atoms with Gasteiger partial charge in [0.05, 0.1) is 5.69 Å². The Morgan fingerprint density at radius 3 is 2.88 bits per heavy atom. The van der Waals surface area contributed by atoms with E-state index in [0.717, 1.165) is 5.56 Å². The van der Waals surface area contributed by atoms with Crippen LogP contribution in [-0.2, 0) is 6.61 Å². The Bertz CT molecular complexity index is 474. The van der Waals surface area contributed by atoms with E-state index in [1.165, 1.54) is 12.1 Å². The van der Waals surface area contributed by atoms with Crippen LogP contribution in [0.25, 0.3) is 0 Å². The Hall–Kier alpha value is -2.10. The lowest BCUT2D eigenvalue weighted by atomic mass is 10.3. The third kappa shape index (κ3) is 2.48. The minimum Gasteiger partial charge on any atom is -0.489 e. The minimum absolute atomic E-state index is 0.119. The van der Waals surface area contributed by atoms with Crippen LogP contribution in [0.3, 0.4) is 0 Å². The van der Waals surface area contributed by atoms with Gasteiger partial charge in [-0.25, -0.2) is 4.39 Å². The maximum Gasteiger partial charge on any atom is 0.149 e. The van der Waals surface area contributed by atoms with Crippen LogP contribution >= 0.6 is 0 Å². The fraction of sp³-hybridized carbons (Fsp3) is 0.0833. The fourth-order valence-electron chi connectivity index (χ4n) is 1.25. The molecular formula is C12H11FN2O. The molecule has 2 rings (SSSR count). The molecular weight excluding hydrogens is 207 g/mol. The van der Waals surface area contributed by atoms with E-state index in [0.29, 0.717) is 12.4 Å². The van der Waals surface area contributed by atoms with E-state index in [9.17, 15) is 4.39 Å². The van der Waals surface area contributed by atoms with Gasteiger partial charge in [0.15, 0.2) is 0 Å². The van der Waals surface area contributed by atoms with Gasteiger partial charge >= 0.3 is 0 Å². The quantitative estimate of drug-likeness (QED) is 0.804. The molecule has 0 spiro atoms. The number of aromatic nitrogens is 1. The van der Waals surface area contributed by atoms with E-state index in [1.807, 2.05) is 12.1 Å². The average Bonchev–Trinajstić information content (AvgIpc) is 2.32. The van der Waals surface area contributed by atoms with Gasteiger partial charge in [-0.3, -0.25) is 4.98 Å². The summed E-state index contributed by atoms with van der Waals surface area (Å²) in [4.78, 5) is 3.95. The maximum atomic E-state index is 13.1. The number of benzene rings is 1. The summed E-state index contributed by atoms with van der Waals surface area (Å²) in [5, 5.41) is 0. The number of hydrogen-bond acceptors (Lipinski definition) is 3. The van der Waals surface area contributed by atoms with Crippen LogP contribution in [0.2, 0.25) is 0 Å². The van der Waals surface area contributed by atoms with E-state index >= 15 is 0 Å². The normalized spacial score (nSPS) is 10.1. The monoisotopic (exact) mass is 218 g/mol. The van der Waals surface area contributed by atoms with Crippen molar-refractivity contribution >= 4 is 5.69 Å². The first kappa shape index (κ1) is 10.4. The zero-order chi connectivity index (χ0) is 11.4. The minimum atomic E-state index is -0.469. The largest absolute Gasteiger partial charge is 0.489 e. The smallest absolute Gasteiger partial charge is 0.149 e. The van der Waals surface area contributed by atoms with E-state index in [4.69, 9.17) is 10.5 Å². The Balaban J connectivity index is 2.03. The predicted octanol–water partition coefficient (Wildman–Crippen LogP) is 2.38. The molecule has 0 aliphatic carbocycles. The summed E-state index contributed by atoms with van der Waals surface area (Å²) >= 11 is 0. The van der Waals surface area contributed by atoms with Crippen LogP contribution in [-0.4, -0.2) is 4.98 Å². The SMILES string of the molecule is Nc1ccc(OCc2cccnc2)cc1F. The summed E-state index contributed by atoms with van der Waals surface area (Å²) in [6.07, 6.45) is 3.39. The molecule has 2 N–H and O–H groups in total. The van der Waals surface area contributed by atoms with E-state index in [2.05, 4.69) is 4.98 Å². The number of ether oxygens (including phenoxy) is 1. The molecule has 0 saturated carbocycles. The predicted molar refractivity (Wildman–Crippen MR) is 59.4 cm³/mol. The molecule has 0 unspecified atom stereocenters. The number of rotatable bonds is 3. The van der Waals surface area contributed by atoms with Crippen LogP contribution in [0.1, 0.15) is 5.56 Å². The maximum absolute atomic E-state index is 13.1. The zero-order valence-corrected chi connectivity index (χ0v) is 8.56. The molecule has 1 aromatic heterocycles. The second-order valence-electron chi connectivity index (χ2n) is 3.33. The highest BCUT2D eigenvalue weighted by Crippen LogP contribution is 2.18. The van der Waals surface area contributed by atoms with Gasteiger partial charge in [0.2, 0.25) is 0 Å². The summed E-state index contributed by atoms with van der Waals surface area (Å²) < 4.78 is 18.5. The van der Waals surface area contributed by atoms with Crippen molar-refractivity contribution in [2.24, 2.45) is 0 Å². The molecule has 0 fully saturated rings. The van der Waals surface area contributed by atoms with Crippen molar-refractivity contribution in [3.8, 4) is 5.75 Å². The van der Waals surface area contributed by atoms with Crippen molar-refractivity contribution in [1.29, 1.82) is 0 Å². The van der Waals surface area contributed by atoms with Gasteiger partial charge in [-0.1, -0.05) is 6.07 Å². The number of halogens is 1. The van der Waals surface area contributed by atoms with Crippen molar-refractivity contribution in [3.63, 3.8) is 0 Å². The first-order chi connectivity index (χ1) is 7.75. The van der Waals surface area contributed by atoms with Crippen molar-refractivity contribution in [2.45, 2.75) is 6.61 Å². The molecule has 0 bridgehead atoms. The number of anilines is 1. The molecule has 0 aliphatic heterocycles. The lowest BCUT2D eigenvalue weighted by molar-refractivity contribution is 0.304. The first-order valence-corrected chi connectivity index (χ1v) is 4.82. The summed E-state index contributed by atoms with van der Waals surface area (Å²) in [7, 11) is 0. The summed E-state index contributed by atoms with van der Waals surface area (Å²) in [6.45, 7) is 0.358. The third-order valence-electron chi connectivity index (χ3n) is 2.10.